The summed E-state index contributed by atoms with van der Waals surface area (Å²) >= 11 is 3.02. The Balaban J connectivity index is 1.63. The highest BCUT2D eigenvalue weighted by Gasteiger charge is 2.16. The van der Waals surface area contributed by atoms with E-state index >= 15 is 0 Å². The van der Waals surface area contributed by atoms with E-state index in [4.69, 9.17) is 4.42 Å². The maximum atomic E-state index is 12.2. The van der Waals surface area contributed by atoms with Crippen LogP contribution >= 0.6 is 23.1 Å². The number of benzene rings is 1. The van der Waals surface area contributed by atoms with Crippen LogP contribution in [-0.2, 0) is 11.2 Å². The largest absolute Gasteiger partial charge is 0.441 e. The maximum Gasteiger partial charge on any atom is 0.232 e. The summed E-state index contributed by atoms with van der Waals surface area (Å²) in [5, 5.41) is 11.3. The van der Waals surface area contributed by atoms with Gasteiger partial charge in [0.1, 0.15) is 5.76 Å². The lowest BCUT2D eigenvalue weighted by Gasteiger charge is -1.98. The number of nitrogens with zero attached hydrogens (tertiary/aromatic N) is 3. The summed E-state index contributed by atoms with van der Waals surface area (Å²) in [4.78, 5) is 16.7. The highest BCUT2D eigenvalue weighted by atomic mass is 32.2. The standard InChI is InChI=1S/C17H18N4O2S2/c1-3-9-24-17-21-20-16(25-17)19-14(22)10-13-11(2)23-15(18-13)12-7-5-4-6-8-12/h4-8H,3,9-10H2,1-2H3,(H,19,20,22). The van der Waals surface area contributed by atoms with E-state index in [1.807, 2.05) is 37.3 Å². The van der Waals surface area contributed by atoms with Crippen molar-refractivity contribution in [2.24, 2.45) is 0 Å². The van der Waals surface area contributed by atoms with Crippen LogP contribution in [0.3, 0.4) is 0 Å². The molecule has 0 radical (unpaired) electrons. The van der Waals surface area contributed by atoms with Crippen molar-refractivity contribution < 1.29 is 9.21 Å². The topological polar surface area (TPSA) is 80.9 Å². The Morgan fingerprint density at radius 1 is 1.28 bits per heavy atom. The maximum absolute atomic E-state index is 12.2. The van der Waals surface area contributed by atoms with Gasteiger partial charge in [-0.1, -0.05) is 48.2 Å². The first kappa shape index (κ1) is 17.6. The van der Waals surface area contributed by atoms with Crippen LogP contribution in [-0.4, -0.2) is 26.8 Å². The fourth-order valence-corrected chi connectivity index (χ4v) is 3.81. The van der Waals surface area contributed by atoms with Crippen molar-refractivity contribution in [1.82, 2.24) is 15.2 Å². The summed E-state index contributed by atoms with van der Waals surface area (Å²) in [6.07, 6.45) is 1.21. The molecule has 0 bridgehead atoms. The van der Waals surface area contributed by atoms with E-state index < -0.39 is 0 Å². The fraction of sp³-hybridized carbons (Fsp3) is 0.294. The molecule has 8 heteroatoms. The quantitative estimate of drug-likeness (QED) is 0.493. The molecule has 0 spiro atoms. The monoisotopic (exact) mass is 374 g/mol. The number of carbonyl (C=O) groups excluding carboxylic acids is 1. The molecule has 6 nitrogen and oxygen atoms in total. The molecular weight excluding hydrogens is 356 g/mol. The van der Waals surface area contributed by atoms with Crippen LogP contribution in [0.25, 0.3) is 11.5 Å². The normalized spacial score (nSPS) is 10.8. The third kappa shape index (κ3) is 4.67. The van der Waals surface area contributed by atoms with Crippen LogP contribution in [0.15, 0.2) is 39.1 Å². The highest BCUT2D eigenvalue weighted by molar-refractivity contribution is 8.01. The number of hydrogen-bond donors (Lipinski definition) is 1. The van der Waals surface area contributed by atoms with Gasteiger partial charge in [-0.3, -0.25) is 4.79 Å². The Kier molecular flexibility index (Phi) is 5.83. The van der Waals surface area contributed by atoms with Gasteiger partial charge in [0.2, 0.25) is 16.9 Å². The third-order valence-corrected chi connectivity index (χ3v) is 5.50. The molecule has 0 aliphatic rings. The summed E-state index contributed by atoms with van der Waals surface area (Å²) in [5.74, 6) is 1.97. The number of carbonyl (C=O) groups is 1. The van der Waals surface area contributed by atoms with Gasteiger partial charge in [-0.05, 0) is 25.5 Å². The summed E-state index contributed by atoms with van der Waals surface area (Å²) in [6.45, 7) is 3.92. The van der Waals surface area contributed by atoms with Crippen molar-refractivity contribution in [1.29, 1.82) is 0 Å². The van der Waals surface area contributed by atoms with Crippen molar-refractivity contribution in [2.45, 2.75) is 31.0 Å². The van der Waals surface area contributed by atoms with E-state index in [2.05, 4.69) is 27.4 Å². The number of aryl methyl sites for hydroxylation is 1. The summed E-state index contributed by atoms with van der Waals surface area (Å²) in [5.41, 5.74) is 1.51. The Hall–Kier alpha value is -2.19. The SMILES string of the molecule is CCCSc1nnc(NC(=O)Cc2nc(-c3ccccc3)oc2C)s1. The molecule has 2 aromatic heterocycles. The zero-order valence-electron chi connectivity index (χ0n) is 14.0. The third-order valence-electron chi connectivity index (χ3n) is 3.32. The second-order valence-corrected chi connectivity index (χ2v) is 7.65. The second-order valence-electron chi connectivity index (χ2n) is 5.33. The number of rotatable bonds is 7. The van der Waals surface area contributed by atoms with Gasteiger partial charge in [0.15, 0.2) is 4.34 Å². The van der Waals surface area contributed by atoms with Crippen molar-refractivity contribution in [3.05, 3.63) is 41.8 Å². The summed E-state index contributed by atoms with van der Waals surface area (Å²) < 4.78 is 6.54. The van der Waals surface area contributed by atoms with Gasteiger partial charge in [-0.15, -0.1) is 10.2 Å². The number of anilines is 1. The lowest BCUT2D eigenvalue weighted by Crippen LogP contribution is -2.15. The molecule has 0 atom stereocenters. The van der Waals surface area contributed by atoms with Gasteiger partial charge in [0.05, 0.1) is 12.1 Å². The minimum Gasteiger partial charge on any atom is -0.441 e. The molecule has 0 saturated carbocycles. The zero-order chi connectivity index (χ0) is 17.6. The van der Waals surface area contributed by atoms with Gasteiger partial charge in [0, 0.05) is 11.3 Å². The number of oxazole rings is 1. The van der Waals surface area contributed by atoms with Crippen molar-refractivity contribution in [3.8, 4) is 11.5 Å². The van der Waals surface area contributed by atoms with Gasteiger partial charge in [0.25, 0.3) is 0 Å². The molecule has 3 rings (SSSR count). The van der Waals surface area contributed by atoms with E-state index in [0.717, 1.165) is 22.1 Å². The lowest BCUT2D eigenvalue weighted by molar-refractivity contribution is -0.115. The number of nitrogens with one attached hydrogen (secondary N) is 1. The van der Waals surface area contributed by atoms with Gasteiger partial charge < -0.3 is 9.73 Å². The van der Waals surface area contributed by atoms with E-state index in [1.165, 1.54) is 11.3 Å². The molecule has 0 aliphatic carbocycles. The van der Waals surface area contributed by atoms with Crippen LogP contribution in [0.1, 0.15) is 24.8 Å². The molecule has 0 saturated heterocycles. The van der Waals surface area contributed by atoms with E-state index in [-0.39, 0.29) is 12.3 Å². The Morgan fingerprint density at radius 3 is 2.84 bits per heavy atom. The molecular formula is C17H18N4O2S2. The van der Waals surface area contributed by atoms with Crippen molar-refractivity contribution in [3.63, 3.8) is 0 Å². The molecule has 1 aromatic carbocycles. The summed E-state index contributed by atoms with van der Waals surface area (Å²) in [6, 6.07) is 9.62. The van der Waals surface area contributed by atoms with Crippen LogP contribution < -0.4 is 5.32 Å². The number of aromatic nitrogens is 3. The highest BCUT2D eigenvalue weighted by Crippen LogP contribution is 2.26. The first-order valence-electron chi connectivity index (χ1n) is 7.93. The van der Waals surface area contributed by atoms with Crippen LogP contribution in [0, 0.1) is 6.92 Å². The predicted molar refractivity (Wildman–Crippen MR) is 99.9 cm³/mol. The molecule has 0 aliphatic heterocycles. The van der Waals surface area contributed by atoms with Crippen LogP contribution in [0.4, 0.5) is 5.13 Å². The Morgan fingerprint density at radius 2 is 2.08 bits per heavy atom. The zero-order valence-corrected chi connectivity index (χ0v) is 15.6. The predicted octanol–water partition coefficient (Wildman–Crippen LogP) is 4.18. The van der Waals surface area contributed by atoms with Crippen LogP contribution in [0.5, 0.6) is 0 Å². The van der Waals surface area contributed by atoms with E-state index in [1.54, 1.807) is 11.8 Å². The minimum atomic E-state index is -0.181. The molecule has 1 amide bonds. The van der Waals surface area contributed by atoms with Crippen molar-refractivity contribution >= 4 is 34.1 Å². The number of hydrogen-bond acceptors (Lipinski definition) is 7. The van der Waals surface area contributed by atoms with Crippen molar-refractivity contribution in [2.75, 3.05) is 11.1 Å². The first-order valence-corrected chi connectivity index (χ1v) is 9.73. The fourth-order valence-electron chi connectivity index (χ4n) is 2.12. The molecule has 2 heterocycles. The number of thioether (sulfide) groups is 1. The lowest BCUT2D eigenvalue weighted by atomic mass is 10.2. The van der Waals surface area contributed by atoms with E-state index in [9.17, 15) is 4.79 Å². The van der Waals surface area contributed by atoms with Crippen LogP contribution in [0.2, 0.25) is 0 Å². The average molecular weight is 374 g/mol. The Labute approximate surface area is 154 Å². The smallest absolute Gasteiger partial charge is 0.232 e. The molecule has 1 N–H and O–H groups in total. The van der Waals surface area contributed by atoms with E-state index in [0.29, 0.717) is 22.5 Å². The average Bonchev–Trinajstić information content (AvgIpc) is 3.21. The molecule has 130 valence electrons. The van der Waals surface area contributed by atoms with Gasteiger partial charge in [-0.2, -0.15) is 0 Å². The Bertz CT molecular complexity index is 845. The molecule has 3 aromatic rings. The summed E-state index contributed by atoms with van der Waals surface area (Å²) in [7, 11) is 0. The minimum absolute atomic E-state index is 0.138. The first-order chi connectivity index (χ1) is 12.2. The van der Waals surface area contributed by atoms with Gasteiger partial charge in [-0.25, -0.2) is 4.98 Å². The van der Waals surface area contributed by atoms with Gasteiger partial charge >= 0.3 is 0 Å². The molecule has 0 unspecified atom stereocenters. The second kappa shape index (κ2) is 8.26. The number of amides is 1. The molecule has 25 heavy (non-hydrogen) atoms. The molecule has 0 fully saturated rings.